The monoisotopic (exact) mass is 243 g/mol. The van der Waals surface area contributed by atoms with Gasteiger partial charge in [-0.1, -0.05) is 6.58 Å². The van der Waals surface area contributed by atoms with Crippen LogP contribution in [-0.4, -0.2) is 27.5 Å². The SMILES string of the molecule is C=CS(=O)(=O)c1oc(C)nc1C#N.CNC. The molecule has 0 saturated heterocycles. The second kappa shape index (κ2) is 6.05. The third kappa shape index (κ3) is 3.49. The van der Waals surface area contributed by atoms with Crippen LogP contribution in [0.15, 0.2) is 21.5 Å². The van der Waals surface area contributed by atoms with Crippen molar-refractivity contribution in [1.82, 2.24) is 10.3 Å². The van der Waals surface area contributed by atoms with Crippen molar-refractivity contribution in [3.8, 4) is 6.07 Å². The summed E-state index contributed by atoms with van der Waals surface area (Å²) in [5.41, 5.74) is -0.239. The van der Waals surface area contributed by atoms with Crippen LogP contribution in [0.1, 0.15) is 11.6 Å². The molecule has 0 aliphatic heterocycles. The average molecular weight is 243 g/mol. The highest BCUT2D eigenvalue weighted by Gasteiger charge is 2.22. The van der Waals surface area contributed by atoms with E-state index >= 15 is 0 Å². The van der Waals surface area contributed by atoms with Gasteiger partial charge in [0.15, 0.2) is 11.6 Å². The predicted molar refractivity (Wildman–Crippen MR) is 58.3 cm³/mol. The van der Waals surface area contributed by atoms with Gasteiger partial charge in [-0.05, 0) is 14.1 Å². The van der Waals surface area contributed by atoms with Crippen LogP contribution in [0.4, 0.5) is 0 Å². The van der Waals surface area contributed by atoms with E-state index in [4.69, 9.17) is 9.68 Å². The molecule has 16 heavy (non-hydrogen) atoms. The van der Waals surface area contributed by atoms with Gasteiger partial charge in [-0.25, -0.2) is 13.4 Å². The normalized spacial score (nSPS) is 9.88. The van der Waals surface area contributed by atoms with Crippen LogP contribution in [0.5, 0.6) is 0 Å². The predicted octanol–water partition coefficient (Wildman–Crippen LogP) is 0.607. The number of hydrogen-bond donors (Lipinski definition) is 1. The van der Waals surface area contributed by atoms with Gasteiger partial charge in [0.25, 0.3) is 5.09 Å². The van der Waals surface area contributed by atoms with Gasteiger partial charge < -0.3 is 9.73 Å². The van der Waals surface area contributed by atoms with E-state index in [1.165, 1.54) is 6.92 Å². The molecule has 6 nitrogen and oxygen atoms in total. The first kappa shape index (κ1) is 14.3. The Bertz CT molecular complexity index is 497. The molecule has 0 unspecified atom stereocenters. The van der Waals surface area contributed by atoms with E-state index in [1.807, 2.05) is 14.1 Å². The average Bonchev–Trinajstić information content (AvgIpc) is 2.61. The van der Waals surface area contributed by atoms with Crippen molar-refractivity contribution in [3.05, 3.63) is 23.6 Å². The fraction of sp³-hybridized carbons (Fsp3) is 0.333. The molecule has 0 atom stereocenters. The standard InChI is InChI=1S/C7H6N2O3S.C2H7N/c1-3-13(10,11)7-6(4-8)9-5(2)12-7;1-3-2/h3H,1H2,2H3;3H,1-2H3. The Labute approximate surface area is 94.5 Å². The maximum absolute atomic E-state index is 11.2. The Balaban J connectivity index is 0.000000673. The van der Waals surface area contributed by atoms with Crippen LogP contribution >= 0.6 is 0 Å². The number of rotatable bonds is 2. The molecule has 0 bridgehead atoms. The molecule has 0 fully saturated rings. The number of nitrogens with one attached hydrogen (secondary N) is 1. The molecule has 88 valence electrons. The first-order valence-corrected chi connectivity index (χ1v) is 5.81. The Hall–Kier alpha value is -1.65. The summed E-state index contributed by atoms with van der Waals surface area (Å²) in [4.78, 5) is 3.59. The van der Waals surface area contributed by atoms with E-state index in [1.54, 1.807) is 6.07 Å². The molecule has 1 aromatic heterocycles. The van der Waals surface area contributed by atoms with Gasteiger partial charge in [0.2, 0.25) is 9.84 Å². The summed E-state index contributed by atoms with van der Waals surface area (Å²) in [6.07, 6.45) is 0. The van der Waals surface area contributed by atoms with Crippen LogP contribution in [0.2, 0.25) is 0 Å². The van der Waals surface area contributed by atoms with E-state index in [9.17, 15) is 8.42 Å². The van der Waals surface area contributed by atoms with Crippen molar-refractivity contribution in [2.75, 3.05) is 14.1 Å². The summed E-state index contributed by atoms with van der Waals surface area (Å²) in [7, 11) is 0.0421. The molecule has 1 N–H and O–H groups in total. The molecule has 0 spiro atoms. The van der Waals surface area contributed by atoms with Gasteiger partial charge in [0.05, 0.1) is 0 Å². The number of nitriles is 1. The van der Waals surface area contributed by atoms with Crippen molar-refractivity contribution in [3.63, 3.8) is 0 Å². The molecular formula is C9H13N3O3S. The van der Waals surface area contributed by atoms with Crippen LogP contribution in [0, 0.1) is 18.3 Å². The van der Waals surface area contributed by atoms with Gasteiger partial charge >= 0.3 is 0 Å². The first-order valence-electron chi connectivity index (χ1n) is 4.26. The van der Waals surface area contributed by atoms with Crippen molar-refractivity contribution in [2.24, 2.45) is 0 Å². The maximum atomic E-state index is 11.2. The summed E-state index contributed by atoms with van der Waals surface area (Å²) < 4.78 is 27.2. The lowest BCUT2D eigenvalue weighted by atomic mass is 10.5. The molecule has 0 amide bonds. The highest BCUT2D eigenvalue weighted by atomic mass is 32.2. The molecule has 7 heteroatoms. The lowest BCUT2D eigenvalue weighted by Crippen LogP contribution is -1.96. The Morgan fingerprint density at radius 1 is 1.56 bits per heavy atom. The molecule has 0 aromatic carbocycles. The third-order valence-electron chi connectivity index (χ3n) is 1.29. The lowest BCUT2D eigenvalue weighted by Gasteiger charge is -1.90. The van der Waals surface area contributed by atoms with E-state index in [0.29, 0.717) is 5.41 Å². The minimum absolute atomic E-state index is 0.136. The number of nitrogens with zero attached hydrogens (tertiary/aromatic N) is 2. The molecule has 1 rings (SSSR count). The Morgan fingerprint density at radius 2 is 2.06 bits per heavy atom. The van der Waals surface area contributed by atoms with Gasteiger partial charge in [-0.15, -0.1) is 0 Å². The summed E-state index contributed by atoms with van der Waals surface area (Å²) in [6.45, 7) is 4.57. The molecule has 0 saturated carbocycles. The van der Waals surface area contributed by atoms with E-state index in [-0.39, 0.29) is 11.6 Å². The molecule has 1 heterocycles. The number of aromatic nitrogens is 1. The highest BCUT2D eigenvalue weighted by molar-refractivity contribution is 7.94. The van der Waals surface area contributed by atoms with Crippen molar-refractivity contribution < 1.29 is 12.8 Å². The van der Waals surface area contributed by atoms with E-state index in [0.717, 1.165) is 0 Å². The summed E-state index contributed by atoms with van der Waals surface area (Å²) in [5.74, 6) is 0.136. The van der Waals surface area contributed by atoms with Crippen LogP contribution in [0.3, 0.4) is 0 Å². The summed E-state index contributed by atoms with van der Waals surface area (Å²) >= 11 is 0. The Kier molecular flexibility index (Phi) is 5.42. The van der Waals surface area contributed by atoms with Gasteiger partial charge in [-0.2, -0.15) is 5.26 Å². The molecule has 1 aromatic rings. The minimum Gasteiger partial charge on any atom is -0.428 e. The smallest absolute Gasteiger partial charge is 0.260 e. The minimum atomic E-state index is -3.71. The number of aryl methyl sites for hydroxylation is 1. The van der Waals surface area contributed by atoms with Crippen molar-refractivity contribution >= 4 is 9.84 Å². The lowest BCUT2D eigenvalue weighted by molar-refractivity contribution is 0.424. The molecular weight excluding hydrogens is 230 g/mol. The zero-order valence-corrected chi connectivity index (χ0v) is 10.1. The van der Waals surface area contributed by atoms with Crippen molar-refractivity contribution in [2.45, 2.75) is 12.0 Å². The van der Waals surface area contributed by atoms with E-state index < -0.39 is 14.9 Å². The summed E-state index contributed by atoms with van der Waals surface area (Å²) in [5, 5.41) is 11.5. The van der Waals surface area contributed by atoms with Crippen molar-refractivity contribution in [1.29, 1.82) is 5.26 Å². The van der Waals surface area contributed by atoms with Crippen LogP contribution in [-0.2, 0) is 9.84 Å². The third-order valence-corrected chi connectivity index (χ3v) is 2.52. The van der Waals surface area contributed by atoms with Gasteiger partial charge in [0, 0.05) is 12.3 Å². The van der Waals surface area contributed by atoms with Gasteiger partial charge in [-0.3, -0.25) is 0 Å². The first-order chi connectivity index (χ1) is 7.42. The zero-order chi connectivity index (χ0) is 12.8. The largest absolute Gasteiger partial charge is 0.428 e. The number of hydrogen-bond acceptors (Lipinski definition) is 6. The fourth-order valence-electron chi connectivity index (χ4n) is 0.748. The topological polar surface area (TPSA) is 96.0 Å². The van der Waals surface area contributed by atoms with Gasteiger partial charge in [0.1, 0.15) is 6.07 Å². The molecule has 0 aliphatic carbocycles. The number of oxazole rings is 1. The molecule has 0 radical (unpaired) electrons. The second-order valence-corrected chi connectivity index (χ2v) is 4.49. The molecule has 0 aliphatic rings. The second-order valence-electron chi connectivity index (χ2n) is 2.69. The van der Waals surface area contributed by atoms with Crippen LogP contribution < -0.4 is 5.32 Å². The van der Waals surface area contributed by atoms with E-state index in [2.05, 4.69) is 16.9 Å². The number of sulfone groups is 1. The fourth-order valence-corrected chi connectivity index (χ4v) is 1.50. The summed E-state index contributed by atoms with van der Waals surface area (Å²) in [6, 6.07) is 1.63. The zero-order valence-electron chi connectivity index (χ0n) is 9.31. The maximum Gasteiger partial charge on any atom is 0.260 e. The Morgan fingerprint density at radius 3 is 2.44 bits per heavy atom. The van der Waals surface area contributed by atoms with Crippen LogP contribution in [0.25, 0.3) is 0 Å². The quantitative estimate of drug-likeness (QED) is 0.817. The highest BCUT2D eigenvalue weighted by Crippen LogP contribution is 2.17.